The van der Waals surface area contributed by atoms with Crippen molar-refractivity contribution in [1.82, 2.24) is 19.4 Å². The second kappa shape index (κ2) is 12.3. The zero-order valence-electron chi connectivity index (χ0n) is 27.3. The predicted molar refractivity (Wildman–Crippen MR) is 178 cm³/mol. The van der Waals surface area contributed by atoms with Gasteiger partial charge in [-0.15, -0.1) is 0 Å². The molecule has 7 rings (SSSR count). The van der Waals surface area contributed by atoms with Gasteiger partial charge in [0, 0.05) is 37.9 Å². The van der Waals surface area contributed by atoms with E-state index in [2.05, 4.69) is 54.7 Å². The van der Waals surface area contributed by atoms with E-state index in [1.807, 2.05) is 31.2 Å². The number of aromatic nitrogens is 2. The van der Waals surface area contributed by atoms with E-state index in [1.165, 1.54) is 12.5 Å². The molecule has 7 nitrogen and oxygen atoms in total. The van der Waals surface area contributed by atoms with Crippen molar-refractivity contribution in [2.75, 3.05) is 31.5 Å². The monoisotopic (exact) mass is 600 g/mol. The van der Waals surface area contributed by atoms with Crippen LogP contribution < -0.4 is 10.9 Å². The highest BCUT2D eigenvalue weighted by Gasteiger charge is 2.56. The summed E-state index contributed by atoms with van der Waals surface area (Å²) >= 11 is 0. The van der Waals surface area contributed by atoms with Gasteiger partial charge in [-0.05, 0) is 105 Å². The Kier molecular flexibility index (Phi) is 8.57. The lowest BCUT2D eigenvalue weighted by Gasteiger charge is -2.61. The Bertz CT molecular complexity index is 1600. The molecular formula is C36H49FN6O. The van der Waals surface area contributed by atoms with Crippen LogP contribution in [0.3, 0.4) is 0 Å². The highest BCUT2D eigenvalue weighted by Crippen LogP contribution is 2.61. The maximum absolute atomic E-state index is 14.4. The van der Waals surface area contributed by atoms with Crippen molar-refractivity contribution < 1.29 is 4.39 Å². The van der Waals surface area contributed by atoms with Crippen molar-refractivity contribution >= 4 is 22.5 Å². The van der Waals surface area contributed by atoms with Crippen molar-refractivity contribution in [1.29, 1.82) is 0 Å². The van der Waals surface area contributed by atoms with Crippen molar-refractivity contribution in [3.05, 3.63) is 70.0 Å². The van der Waals surface area contributed by atoms with Crippen LogP contribution in [-0.2, 0) is 13.0 Å². The summed E-state index contributed by atoms with van der Waals surface area (Å²) in [5.41, 5.74) is 3.33. The highest BCUT2D eigenvalue weighted by atomic mass is 19.1. The summed E-state index contributed by atoms with van der Waals surface area (Å²) in [6.45, 7) is 18.1. The number of nitrogens with one attached hydrogen (secondary N) is 1. The number of aliphatic imine (C=N–C) groups is 1. The van der Waals surface area contributed by atoms with Gasteiger partial charge in [0.05, 0.1) is 23.3 Å². The molecule has 0 radical (unpaired) electrons. The molecule has 2 aromatic carbocycles. The van der Waals surface area contributed by atoms with Crippen molar-refractivity contribution in [2.24, 2.45) is 28.2 Å². The van der Waals surface area contributed by atoms with Crippen LogP contribution in [0.4, 0.5) is 10.1 Å². The van der Waals surface area contributed by atoms with E-state index in [1.54, 1.807) is 17.0 Å². The molecule has 0 spiro atoms. The standard InChI is InChI=1S/C36H49FN6O/c1-7-13-41-15-16-42(21-24(41)3)35(40-32-19-27-18-30(25(32)4)36(27,5)6)39-28-10-11-29-33(20-28)38-22-43(34(29)44)14-12-26-9-8-23(2)17-31(26)37/h8-11,17,20,22,24-25,27,30,32H,7,12-16,18-19,21H2,1-6H3,(H,39,40)/t24-,25?,27?,30+,32?/m0/s1. The summed E-state index contributed by atoms with van der Waals surface area (Å²) in [5, 5.41) is 4.25. The summed E-state index contributed by atoms with van der Waals surface area (Å²) in [6, 6.07) is 11.8. The van der Waals surface area contributed by atoms with E-state index in [4.69, 9.17) is 4.99 Å². The fourth-order valence-corrected chi connectivity index (χ4v) is 8.07. The van der Waals surface area contributed by atoms with Gasteiger partial charge in [0.25, 0.3) is 5.56 Å². The molecule has 8 heteroatoms. The molecule has 4 fully saturated rings. The van der Waals surface area contributed by atoms with Gasteiger partial charge in [-0.25, -0.2) is 14.4 Å². The topological polar surface area (TPSA) is 65.8 Å². The largest absolute Gasteiger partial charge is 0.340 e. The molecule has 236 valence electrons. The molecule has 0 amide bonds. The number of halogens is 1. The van der Waals surface area contributed by atoms with Crippen molar-refractivity contribution in [3.8, 4) is 0 Å². The van der Waals surface area contributed by atoms with Crippen molar-refractivity contribution in [3.63, 3.8) is 0 Å². The Labute approximate surface area is 261 Å². The molecule has 1 aliphatic heterocycles. The minimum atomic E-state index is -0.232. The Balaban J connectivity index is 1.23. The number of benzene rings is 2. The molecule has 3 saturated carbocycles. The molecule has 5 atom stereocenters. The van der Waals surface area contributed by atoms with Gasteiger partial charge < -0.3 is 10.2 Å². The number of nitrogens with zero attached hydrogens (tertiary/aromatic N) is 5. The Morgan fingerprint density at radius 3 is 2.64 bits per heavy atom. The van der Waals surface area contributed by atoms with Crippen LogP contribution in [0.25, 0.3) is 10.9 Å². The summed E-state index contributed by atoms with van der Waals surface area (Å²) in [4.78, 5) is 28.5. The SMILES string of the molecule is CCCN1CCN(C(=NC2CC3C[C@H](C2C)C3(C)C)Nc2ccc3c(=O)n(CCc4ccc(C)cc4F)cnc3c2)C[C@@H]1C. The number of piperazine rings is 1. The van der Waals surface area contributed by atoms with E-state index in [0.29, 0.717) is 52.8 Å². The first-order valence-corrected chi connectivity index (χ1v) is 16.6. The highest BCUT2D eigenvalue weighted by molar-refractivity contribution is 5.96. The van der Waals surface area contributed by atoms with Gasteiger partial charge in [-0.2, -0.15) is 0 Å². The second-order valence-electron chi connectivity index (χ2n) is 14.3. The molecule has 4 aliphatic rings. The molecule has 3 aromatic rings. The van der Waals surface area contributed by atoms with E-state index < -0.39 is 0 Å². The Morgan fingerprint density at radius 1 is 1.11 bits per heavy atom. The van der Waals surface area contributed by atoms with E-state index in [0.717, 1.165) is 68.1 Å². The van der Waals surface area contributed by atoms with Gasteiger partial charge in [0.2, 0.25) is 0 Å². The van der Waals surface area contributed by atoms with Crippen LogP contribution in [0.1, 0.15) is 65.0 Å². The molecular weight excluding hydrogens is 551 g/mol. The van der Waals surface area contributed by atoms with Crippen LogP contribution in [0.15, 0.2) is 52.5 Å². The molecule has 1 saturated heterocycles. The summed E-state index contributed by atoms with van der Waals surface area (Å²) < 4.78 is 15.9. The molecule has 3 unspecified atom stereocenters. The van der Waals surface area contributed by atoms with Crippen molar-refractivity contribution in [2.45, 2.75) is 85.9 Å². The summed E-state index contributed by atoms with van der Waals surface area (Å²) in [7, 11) is 0. The fourth-order valence-electron chi connectivity index (χ4n) is 8.07. The average molecular weight is 601 g/mol. The third-order valence-electron chi connectivity index (χ3n) is 11.1. The maximum Gasteiger partial charge on any atom is 0.261 e. The van der Waals surface area contributed by atoms with Crippen LogP contribution >= 0.6 is 0 Å². The first-order chi connectivity index (χ1) is 21.0. The lowest BCUT2D eigenvalue weighted by atomic mass is 9.45. The summed E-state index contributed by atoms with van der Waals surface area (Å²) in [5.74, 6) is 2.73. The first-order valence-electron chi connectivity index (χ1n) is 16.6. The summed E-state index contributed by atoms with van der Waals surface area (Å²) in [6.07, 6.45) is 5.66. The zero-order valence-corrected chi connectivity index (χ0v) is 27.3. The average Bonchev–Trinajstić information content (AvgIpc) is 2.99. The predicted octanol–water partition coefficient (Wildman–Crippen LogP) is 6.34. The quantitative estimate of drug-likeness (QED) is 0.253. The third kappa shape index (κ3) is 5.90. The fraction of sp³-hybridized carbons (Fsp3) is 0.583. The Morgan fingerprint density at radius 2 is 1.93 bits per heavy atom. The van der Waals surface area contributed by atoms with Crippen LogP contribution in [0.2, 0.25) is 0 Å². The van der Waals surface area contributed by atoms with E-state index >= 15 is 0 Å². The second-order valence-corrected chi connectivity index (χ2v) is 14.3. The van der Waals surface area contributed by atoms with Crippen LogP contribution in [-0.4, -0.2) is 63.6 Å². The van der Waals surface area contributed by atoms with Gasteiger partial charge in [-0.3, -0.25) is 14.3 Å². The molecule has 1 N–H and O–H groups in total. The normalized spacial score (nSPS) is 26.9. The Hall–Kier alpha value is -3.26. The number of anilines is 1. The van der Waals surface area contributed by atoms with Crippen LogP contribution in [0, 0.1) is 35.9 Å². The minimum absolute atomic E-state index is 0.110. The number of hydrogen-bond donors (Lipinski definition) is 1. The smallest absolute Gasteiger partial charge is 0.261 e. The van der Waals surface area contributed by atoms with E-state index in [9.17, 15) is 9.18 Å². The van der Waals surface area contributed by atoms with Gasteiger partial charge in [0.15, 0.2) is 5.96 Å². The third-order valence-corrected chi connectivity index (χ3v) is 11.1. The lowest BCUT2D eigenvalue weighted by Crippen LogP contribution is -2.58. The van der Waals surface area contributed by atoms with E-state index in [-0.39, 0.29) is 11.4 Å². The first kappa shape index (κ1) is 30.8. The van der Waals surface area contributed by atoms with Gasteiger partial charge >= 0.3 is 0 Å². The zero-order chi connectivity index (χ0) is 31.2. The number of rotatable bonds is 7. The van der Waals surface area contributed by atoms with Gasteiger partial charge in [-0.1, -0.05) is 39.8 Å². The number of hydrogen-bond acceptors (Lipinski definition) is 4. The van der Waals surface area contributed by atoms with Gasteiger partial charge in [0.1, 0.15) is 5.82 Å². The molecule has 1 aromatic heterocycles. The minimum Gasteiger partial charge on any atom is -0.340 e. The molecule has 2 bridgehead atoms. The lowest BCUT2D eigenvalue weighted by molar-refractivity contribution is -0.108. The number of guanidine groups is 1. The molecule has 2 heterocycles. The molecule has 3 aliphatic carbocycles. The maximum atomic E-state index is 14.4. The number of aryl methyl sites for hydroxylation is 3. The van der Waals surface area contributed by atoms with Crippen LogP contribution in [0.5, 0.6) is 0 Å². The number of fused-ring (bicyclic) bond motifs is 3. The molecule has 44 heavy (non-hydrogen) atoms.